The summed E-state index contributed by atoms with van der Waals surface area (Å²) in [4.78, 5) is 36.0. The van der Waals surface area contributed by atoms with Crippen molar-refractivity contribution in [3.8, 4) is 0 Å². The van der Waals surface area contributed by atoms with E-state index in [1.165, 1.54) is 18.7 Å². The van der Waals surface area contributed by atoms with Gasteiger partial charge in [-0.05, 0) is 5.56 Å². The van der Waals surface area contributed by atoms with Crippen LogP contribution in [0.3, 0.4) is 0 Å². The van der Waals surface area contributed by atoms with Crippen LogP contribution in [0.25, 0.3) is 0 Å². The number of nitrogens with zero attached hydrogens (tertiary/aromatic N) is 1. The molecule has 1 aromatic rings. The van der Waals surface area contributed by atoms with E-state index < -0.39 is 30.2 Å². The van der Waals surface area contributed by atoms with Gasteiger partial charge in [0.15, 0.2) is 6.10 Å². The maximum Gasteiger partial charge on any atom is 0.410 e. The highest BCUT2D eigenvalue weighted by Crippen LogP contribution is 2.19. The normalized spacial score (nSPS) is 20.2. The number of amides is 1. The zero-order valence-electron chi connectivity index (χ0n) is 13.8. The monoisotopic (exact) mass is 335 g/mol. The summed E-state index contributed by atoms with van der Waals surface area (Å²) in [6.45, 7) is 3.24. The van der Waals surface area contributed by atoms with E-state index in [-0.39, 0.29) is 13.2 Å². The first-order valence-electron chi connectivity index (χ1n) is 7.75. The Labute approximate surface area is 140 Å². The van der Waals surface area contributed by atoms with Gasteiger partial charge in [-0.2, -0.15) is 0 Å². The molecule has 0 N–H and O–H groups in total. The lowest BCUT2D eigenvalue weighted by Crippen LogP contribution is -2.52. The zero-order valence-corrected chi connectivity index (χ0v) is 13.8. The summed E-state index contributed by atoms with van der Waals surface area (Å²) in [6.07, 6.45) is -1.34. The molecule has 130 valence electrons. The van der Waals surface area contributed by atoms with E-state index in [0.717, 1.165) is 5.56 Å². The Morgan fingerprint density at radius 3 is 2.29 bits per heavy atom. The number of piperidine rings is 1. The summed E-state index contributed by atoms with van der Waals surface area (Å²) in [6, 6.07) is 9.34. The van der Waals surface area contributed by atoms with E-state index in [4.69, 9.17) is 14.2 Å². The van der Waals surface area contributed by atoms with Crippen molar-refractivity contribution in [1.29, 1.82) is 0 Å². The highest BCUT2D eigenvalue weighted by Gasteiger charge is 2.36. The number of carbonyl (C=O) groups excluding carboxylic acids is 3. The fourth-order valence-electron chi connectivity index (χ4n) is 2.55. The van der Waals surface area contributed by atoms with Crippen molar-refractivity contribution < 1.29 is 28.6 Å². The molecule has 0 radical (unpaired) electrons. The Morgan fingerprint density at radius 2 is 1.67 bits per heavy atom. The zero-order chi connectivity index (χ0) is 17.5. The minimum Gasteiger partial charge on any atom is -0.458 e. The van der Waals surface area contributed by atoms with E-state index in [9.17, 15) is 14.4 Å². The molecule has 0 saturated carbocycles. The third-order valence-corrected chi connectivity index (χ3v) is 3.60. The molecule has 24 heavy (non-hydrogen) atoms. The number of hydrogen-bond donors (Lipinski definition) is 0. The summed E-state index contributed by atoms with van der Waals surface area (Å²) in [5, 5.41) is 0. The molecule has 7 heteroatoms. The van der Waals surface area contributed by atoms with Crippen molar-refractivity contribution in [2.75, 3.05) is 13.1 Å². The van der Waals surface area contributed by atoms with Crippen molar-refractivity contribution >= 4 is 18.0 Å². The number of benzene rings is 1. The van der Waals surface area contributed by atoms with Gasteiger partial charge in [-0.1, -0.05) is 30.3 Å². The second kappa shape index (κ2) is 8.33. The predicted octanol–water partition coefficient (Wildman–Crippen LogP) is 1.89. The van der Waals surface area contributed by atoms with Crippen molar-refractivity contribution in [2.24, 2.45) is 0 Å². The molecular weight excluding hydrogens is 314 g/mol. The van der Waals surface area contributed by atoms with E-state index in [1.807, 2.05) is 30.3 Å². The van der Waals surface area contributed by atoms with Crippen LogP contribution in [0.4, 0.5) is 4.79 Å². The first kappa shape index (κ1) is 17.8. The average Bonchev–Trinajstić information content (AvgIpc) is 2.54. The maximum absolute atomic E-state index is 12.2. The van der Waals surface area contributed by atoms with Crippen LogP contribution in [0.5, 0.6) is 0 Å². The molecule has 0 unspecified atom stereocenters. The minimum absolute atomic E-state index is 0.130. The molecule has 1 aliphatic heterocycles. The third-order valence-electron chi connectivity index (χ3n) is 3.60. The lowest BCUT2D eigenvalue weighted by Gasteiger charge is -2.36. The first-order valence-corrected chi connectivity index (χ1v) is 7.75. The molecule has 0 spiro atoms. The third kappa shape index (κ3) is 5.26. The Kier molecular flexibility index (Phi) is 6.17. The van der Waals surface area contributed by atoms with E-state index in [2.05, 4.69) is 0 Å². The van der Waals surface area contributed by atoms with Crippen LogP contribution < -0.4 is 0 Å². The van der Waals surface area contributed by atoms with Crippen LogP contribution in [-0.4, -0.2) is 48.2 Å². The Hall–Kier alpha value is -2.57. The van der Waals surface area contributed by atoms with Gasteiger partial charge in [0, 0.05) is 26.8 Å². The van der Waals surface area contributed by atoms with Gasteiger partial charge in [-0.25, -0.2) is 4.79 Å². The molecule has 1 fully saturated rings. The molecule has 1 saturated heterocycles. The number of hydrogen-bond acceptors (Lipinski definition) is 6. The Balaban J connectivity index is 1.92. The molecule has 2 rings (SSSR count). The molecular formula is C17H21NO6. The van der Waals surface area contributed by atoms with Crippen LogP contribution in [0.2, 0.25) is 0 Å². The number of likely N-dealkylation sites (tertiary alicyclic amines) is 1. The number of esters is 2. The van der Waals surface area contributed by atoms with Gasteiger partial charge in [0.2, 0.25) is 0 Å². The smallest absolute Gasteiger partial charge is 0.410 e. The van der Waals surface area contributed by atoms with Crippen LogP contribution >= 0.6 is 0 Å². The molecule has 1 aliphatic rings. The Bertz CT molecular complexity index is 588. The minimum atomic E-state index is -0.690. The first-order chi connectivity index (χ1) is 11.5. The predicted molar refractivity (Wildman–Crippen MR) is 83.9 cm³/mol. The van der Waals surface area contributed by atoms with E-state index >= 15 is 0 Å². The summed E-state index contributed by atoms with van der Waals surface area (Å²) in [5.41, 5.74) is 0.886. The molecule has 0 aromatic heterocycles. The quantitative estimate of drug-likeness (QED) is 0.617. The average molecular weight is 335 g/mol. The number of rotatable bonds is 4. The summed E-state index contributed by atoms with van der Waals surface area (Å²) in [5.74, 6) is -0.936. The van der Waals surface area contributed by atoms with E-state index in [1.54, 1.807) is 0 Å². The van der Waals surface area contributed by atoms with Gasteiger partial charge in [0.25, 0.3) is 0 Å². The van der Waals surface area contributed by atoms with Crippen molar-refractivity contribution in [2.45, 2.75) is 39.1 Å². The number of ether oxygens (including phenoxy) is 3. The lowest BCUT2D eigenvalue weighted by molar-refractivity contribution is -0.170. The largest absolute Gasteiger partial charge is 0.458 e. The SMILES string of the molecule is CC(=O)O[C@H]1CCN(C(=O)OCc2ccccc2)C[C@H]1OC(C)=O. The Morgan fingerprint density at radius 1 is 1.04 bits per heavy atom. The van der Waals surface area contributed by atoms with Gasteiger partial charge >= 0.3 is 18.0 Å². The van der Waals surface area contributed by atoms with Crippen LogP contribution in [0.1, 0.15) is 25.8 Å². The summed E-state index contributed by atoms with van der Waals surface area (Å²) >= 11 is 0. The molecule has 1 heterocycles. The molecule has 7 nitrogen and oxygen atoms in total. The van der Waals surface area contributed by atoms with Gasteiger partial charge < -0.3 is 19.1 Å². The van der Waals surface area contributed by atoms with Gasteiger partial charge in [-0.15, -0.1) is 0 Å². The molecule has 2 atom stereocenters. The molecule has 1 amide bonds. The van der Waals surface area contributed by atoms with Crippen molar-refractivity contribution in [1.82, 2.24) is 4.90 Å². The maximum atomic E-state index is 12.2. The summed E-state index contributed by atoms with van der Waals surface area (Å²) in [7, 11) is 0. The van der Waals surface area contributed by atoms with Crippen LogP contribution in [0, 0.1) is 0 Å². The van der Waals surface area contributed by atoms with Gasteiger partial charge in [-0.3, -0.25) is 9.59 Å². The lowest BCUT2D eigenvalue weighted by atomic mass is 10.0. The van der Waals surface area contributed by atoms with Crippen molar-refractivity contribution in [3.05, 3.63) is 35.9 Å². The molecule has 0 bridgehead atoms. The second-order valence-electron chi connectivity index (χ2n) is 5.57. The topological polar surface area (TPSA) is 82.1 Å². The van der Waals surface area contributed by atoms with Gasteiger partial charge in [0.05, 0.1) is 6.54 Å². The molecule has 0 aliphatic carbocycles. The summed E-state index contributed by atoms with van der Waals surface area (Å²) < 4.78 is 15.6. The highest BCUT2D eigenvalue weighted by atomic mass is 16.6. The van der Waals surface area contributed by atoms with Gasteiger partial charge in [0.1, 0.15) is 12.7 Å². The fraction of sp³-hybridized carbons (Fsp3) is 0.471. The van der Waals surface area contributed by atoms with Crippen LogP contribution in [0.15, 0.2) is 30.3 Å². The number of carbonyl (C=O) groups is 3. The van der Waals surface area contributed by atoms with E-state index in [0.29, 0.717) is 13.0 Å². The second-order valence-corrected chi connectivity index (χ2v) is 5.57. The highest BCUT2D eigenvalue weighted by molar-refractivity contribution is 5.69. The molecule has 1 aromatic carbocycles. The fourth-order valence-corrected chi connectivity index (χ4v) is 2.55. The standard InChI is InChI=1S/C17H21NO6/c1-12(19)23-15-8-9-18(10-16(15)24-13(2)20)17(21)22-11-14-6-4-3-5-7-14/h3-7,15-16H,8-11H2,1-2H3/t15-,16+/m0/s1. The van der Waals surface area contributed by atoms with Crippen LogP contribution in [-0.2, 0) is 30.4 Å². The van der Waals surface area contributed by atoms with Crippen molar-refractivity contribution in [3.63, 3.8) is 0 Å².